The predicted molar refractivity (Wildman–Crippen MR) is 83.0 cm³/mol. The van der Waals surface area contributed by atoms with Crippen molar-refractivity contribution in [2.45, 2.75) is 40.0 Å². The molecule has 174 valence electrons. The van der Waals surface area contributed by atoms with Crippen molar-refractivity contribution < 1.29 is 60.6 Å². The van der Waals surface area contributed by atoms with Crippen LogP contribution in [0, 0.1) is 0 Å². The maximum Gasteiger partial charge on any atom is 0.512 e. The fraction of sp³-hybridized carbons (Fsp3) is 0.900. The fourth-order valence-corrected chi connectivity index (χ4v) is 6.64. The first kappa shape index (κ1) is 26.2. The molecule has 1 atom stereocenters. The van der Waals surface area contributed by atoms with Gasteiger partial charge in [0, 0.05) is 14.8 Å². The van der Waals surface area contributed by atoms with Gasteiger partial charge in [-0.1, -0.05) is 4.13 Å². The summed E-state index contributed by atoms with van der Waals surface area (Å²) in [6.45, 7) is -0.280. The Bertz CT molecular complexity index is 936. The predicted octanol–water partition coefficient (Wildman–Crippen LogP) is 1.04. The summed E-state index contributed by atoms with van der Waals surface area (Å²) in [5, 5.41) is -12.8. The number of alkyl halides is 9. The lowest BCUT2D eigenvalue weighted by Crippen LogP contribution is -2.65. The standard InChI is InChI=1S/C10H13F9N2O5S3/c1-27(22,6-2-4-20-5-3-6)8(13,14)7(11,12)9(15,16)28(23,24)21-29(25,26)10(17,18)19/h6,20-21H,1-5H2. The molecule has 1 aliphatic heterocycles. The zero-order valence-corrected chi connectivity index (χ0v) is 16.2. The molecule has 0 amide bonds. The molecule has 0 aliphatic carbocycles. The minimum Gasteiger partial charge on any atom is -0.317 e. The van der Waals surface area contributed by atoms with Crippen molar-refractivity contribution >= 4 is 35.4 Å². The molecule has 0 radical (unpaired) electrons. The Morgan fingerprint density at radius 3 is 1.55 bits per heavy atom. The monoisotopic (exact) mass is 508 g/mol. The summed E-state index contributed by atoms with van der Waals surface area (Å²) >= 11 is 0. The Kier molecular flexibility index (Phi) is 6.71. The summed E-state index contributed by atoms with van der Waals surface area (Å²) in [6.07, 6.45) is -0.986. The molecule has 0 saturated carbocycles. The van der Waals surface area contributed by atoms with Gasteiger partial charge in [0.15, 0.2) is 0 Å². The lowest BCUT2D eigenvalue weighted by atomic mass is 10.2. The third kappa shape index (κ3) is 4.19. The zero-order chi connectivity index (χ0) is 23.3. The first-order valence-electron chi connectivity index (χ1n) is 7.10. The van der Waals surface area contributed by atoms with Gasteiger partial charge in [0.1, 0.15) is 0 Å². The van der Waals surface area contributed by atoms with Gasteiger partial charge in [0.2, 0.25) is 0 Å². The summed E-state index contributed by atoms with van der Waals surface area (Å²) < 4.78 is 176. The van der Waals surface area contributed by atoms with Gasteiger partial charge in [-0.25, -0.2) is 16.8 Å². The van der Waals surface area contributed by atoms with E-state index in [-0.39, 0.29) is 13.1 Å². The van der Waals surface area contributed by atoms with E-state index in [9.17, 15) is 60.6 Å². The molecule has 2 N–H and O–H groups in total. The minimum atomic E-state index is -7.62. The second-order valence-corrected chi connectivity index (χ2v) is 12.1. The quantitative estimate of drug-likeness (QED) is 0.393. The number of hydrogen-bond acceptors (Lipinski definition) is 6. The van der Waals surface area contributed by atoms with E-state index in [0.717, 1.165) is 0 Å². The molecule has 0 aromatic carbocycles. The molecule has 19 heteroatoms. The van der Waals surface area contributed by atoms with E-state index < -0.39 is 73.7 Å². The number of rotatable bonds is 7. The van der Waals surface area contributed by atoms with Gasteiger partial charge < -0.3 is 5.32 Å². The van der Waals surface area contributed by atoms with Crippen LogP contribution >= 0.6 is 0 Å². The molecular formula is C10H13F9N2O5S3. The molecule has 1 aliphatic rings. The van der Waals surface area contributed by atoms with Gasteiger partial charge >= 0.3 is 32.0 Å². The van der Waals surface area contributed by atoms with E-state index in [0.29, 0.717) is 0 Å². The Morgan fingerprint density at radius 2 is 1.17 bits per heavy atom. The van der Waals surface area contributed by atoms with Gasteiger partial charge in [-0.2, -0.15) is 39.5 Å². The zero-order valence-electron chi connectivity index (χ0n) is 13.8. The average Bonchev–Trinajstić information content (AvgIpc) is 2.52. The fourth-order valence-electron chi connectivity index (χ4n) is 2.18. The summed E-state index contributed by atoms with van der Waals surface area (Å²) in [5.74, 6) is -4.74. The number of sulfonamides is 2. The van der Waals surface area contributed by atoms with Crippen molar-refractivity contribution in [3.8, 4) is 0 Å². The molecule has 0 spiro atoms. The van der Waals surface area contributed by atoms with Crippen molar-refractivity contribution in [1.29, 1.82) is 0 Å². The van der Waals surface area contributed by atoms with Crippen LogP contribution < -0.4 is 9.44 Å². The van der Waals surface area contributed by atoms with Crippen molar-refractivity contribution in [2.75, 3.05) is 13.1 Å². The second-order valence-electron chi connectivity index (χ2n) is 5.82. The number of nitrogens with one attached hydrogen (secondary N) is 2. The molecule has 1 unspecified atom stereocenters. The molecule has 1 fully saturated rings. The van der Waals surface area contributed by atoms with Crippen LogP contribution in [0.3, 0.4) is 0 Å². The molecule has 0 aromatic heterocycles. The van der Waals surface area contributed by atoms with Gasteiger partial charge in [-0.3, -0.25) is 4.21 Å². The van der Waals surface area contributed by atoms with Crippen molar-refractivity contribution in [3.05, 3.63) is 0 Å². The third-order valence-corrected chi connectivity index (χ3v) is 9.82. The van der Waals surface area contributed by atoms with Crippen LogP contribution in [0.25, 0.3) is 0 Å². The normalized spacial score (nSPS) is 21.0. The molecule has 29 heavy (non-hydrogen) atoms. The highest BCUT2D eigenvalue weighted by Crippen LogP contribution is 2.52. The SMILES string of the molecule is C=S(=O)(C1CCNCC1)C(F)(F)C(F)(F)C(F)(F)S(=O)(=O)NS(=O)(=O)C(F)(F)F. The Morgan fingerprint density at radius 1 is 0.759 bits per heavy atom. The van der Waals surface area contributed by atoms with Crippen LogP contribution in [-0.4, -0.2) is 67.2 Å². The highest BCUT2D eigenvalue weighted by molar-refractivity contribution is 8.05. The average molecular weight is 508 g/mol. The number of piperidine rings is 1. The van der Waals surface area contributed by atoms with E-state index >= 15 is 0 Å². The molecule has 7 nitrogen and oxygen atoms in total. The Hall–Kier alpha value is -0.790. The Balaban J connectivity index is 3.47. The summed E-state index contributed by atoms with van der Waals surface area (Å²) in [6, 6.07) is 0. The van der Waals surface area contributed by atoms with Gasteiger partial charge in [0.05, 0.1) is 0 Å². The van der Waals surface area contributed by atoms with E-state index in [1.807, 2.05) is 0 Å². The molecule has 1 saturated heterocycles. The highest BCUT2D eigenvalue weighted by Gasteiger charge is 2.81. The first-order valence-corrected chi connectivity index (χ1v) is 11.9. The summed E-state index contributed by atoms with van der Waals surface area (Å²) in [4.78, 5) is 0. The second kappa shape index (κ2) is 7.41. The number of hydrogen-bond donors (Lipinski definition) is 2. The topological polar surface area (TPSA) is 109 Å². The van der Waals surface area contributed by atoms with Gasteiger partial charge in [0.25, 0.3) is 10.0 Å². The van der Waals surface area contributed by atoms with E-state index in [2.05, 4.69) is 11.2 Å². The van der Waals surface area contributed by atoms with Crippen LogP contribution in [0.1, 0.15) is 12.8 Å². The van der Waals surface area contributed by atoms with Crippen molar-refractivity contribution in [2.24, 2.45) is 0 Å². The lowest BCUT2D eigenvalue weighted by molar-refractivity contribution is -0.243. The molecule has 0 aromatic rings. The largest absolute Gasteiger partial charge is 0.512 e. The van der Waals surface area contributed by atoms with Crippen LogP contribution in [0.2, 0.25) is 0 Å². The maximum absolute atomic E-state index is 14.2. The van der Waals surface area contributed by atoms with Crippen LogP contribution in [-0.2, 0) is 29.6 Å². The maximum atomic E-state index is 14.2. The summed E-state index contributed by atoms with van der Waals surface area (Å²) in [5.41, 5.74) is -6.55. The van der Waals surface area contributed by atoms with E-state index in [1.165, 1.54) is 0 Å². The lowest BCUT2D eigenvalue weighted by Gasteiger charge is -2.37. The number of halogens is 9. The van der Waals surface area contributed by atoms with Crippen LogP contribution in [0.15, 0.2) is 0 Å². The molecular weight excluding hydrogens is 495 g/mol. The van der Waals surface area contributed by atoms with Crippen molar-refractivity contribution in [1.82, 2.24) is 9.44 Å². The Labute approximate surface area is 159 Å². The highest BCUT2D eigenvalue weighted by atomic mass is 32.3. The van der Waals surface area contributed by atoms with Crippen LogP contribution in [0.5, 0.6) is 0 Å². The van der Waals surface area contributed by atoms with Gasteiger partial charge in [-0.15, -0.1) is 0 Å². The summed E-state index contributed by atoms with van der Waals surface area (Å²) in [7, 11) is -20.3. The first-order chi connectivity index (χ1) is 12.6. The van der Waals surface area contributed by atoms with Crippen molar-refractivity contribution in [3.63, 3.8) is 0 Å². The van der Waals surface area contributed by atoms with Crippen LogP contribution in [0.4, 0.5) is 39.5 Å². The third-order valence-electron chi connectivity index (χ3n) is 3.85. The molecule has 0 bridgehead atoms. The molecule has 1 rings (SSSR count). The van der Waals surface area contributed by atoms with E-state index in [4.69, 9.17) is 0 Å². The molecule has 1 heterocycles. The van der Waals surface area contributed by atoms with Gasteiger partial charge in [-0.05, 0) is 31.8 Å². The minimum absolute atomic E-state index is 0.140. The smallest absolute Gasteiger partial charge is 0.317 e. The van der Waals surface area contributed by atoms with E-state index in [1.54, 1.807) is 0 Å².